The molecule has 0 bridgehead atoms. The van der Waals surface area contributed by atoms with Gasteiger partial charge in [0.1, 0.15) is 0 Å². The second-order valence-corrected chi connectivity index (χ2v) is 9.00. The molecule has 0 aromatic heterocycles. The second-order valence-electron chi connectivity index (χ2n) is 7.09. The summed E-state index contributed by atoms with van der Waals surface area (Å²) in [5, 5.41) is 5.42. The van der Waals surface area contributed by atoms with Gasteiger partial charge in [0.2, 0.25) is 21.8 Å². The number of benzene rings is 2. The van der Waals surface area contributed by atoms with Gasteiger partial charge in [0.05, 0.1) is 11.9 Å². The van der Waals surface area contributed by atoms with Crippen LogP contribution < -0.4 is 14.9 Å². The summed E-state index contributed by atoms with van der Waals surface area (Å²) in [4.78, 5) is 23.4. The van der Waals surface area contributed by atoms with Gasteiger partial charge in [-0.25, -0.2) is 8.42 Å². The first-order chi connectivity index (χ1) is 13.5. The van der Waals surface area contributed by atoms with Crippen LogP contribution in [0.25, 0.3) is 0 Å². The van der Waals surface area contributed by atoms with Gasteiger partial charge in [0.25, 0.3) is 0 Å². The van der Waals surface area contributed by atoms with Crippen LogP contribution in [0.2, 0.25) is 0 Å². The Labute approximate surface area is 172 Å². The molecule has 0 aliphatic carbocycles. The Bertz CT molecular complexity index is 982. The highest BCUT2D eigenvalue weighted by Crippen LogP contribution is 2.22. The lowest BCUT2D eigenvalue weighted by atomic mass is 10.1. The number of aryl methyl sites for hydroxylation is 2. The van der Waals surface area contributed by atoms with Crippen molar-refractivity contribution in [2.75, 3.05) is 27.7 Å². The normalized spacial score (nSPS) is 11.0. The van der Waals surface area contributed by atoms with Gasteiger partial charge in [-0.15, -0.1) is 0 Å². The van der Waals surface area contributed by atoms with Gasteiger partial charge in [0.15, 0.2) is 0 Å². The first kappa shape index (κ1) is 22.4. The molecule has 0 saturated heterocycles. The van der Waals surface area contributed by atoms with Crippen molar-refractivity contribution in [2.45, 2.75) is 33.6 Å². The number of sulfonamides is 1. The van der Waals surface area contributed by atoms with Crippen LogP contribution in [0.1, 0.15) is 30.9 Å². The van der Waals surface area contributed by atoms with Gasteiger partial charge in [-0.1, -0.05) is 12.1 Å². The molecule has 0 aliphatic heterocycles. The van der Waals surface area contributed by atoms with Crippen LogP contribution in [-0.4, -0.2) is 33.0 Å². The number of anilines is 3. The van der Waals surface area contributed by atoms with Gasteiger partial charge in [-0.05, 0) is 61.7 Å². The number of nitrogens with zero attached hydrogens (tertiary/aromatic N) is 1. The summed E-state index contributed by atoms with van der Waals surface area (Å²) < 4.78 is 25.8. The number of carbonyl (C=O) groups is 2. The molecule has 156 valence electrons. The molecule has 29 heavy (non-hydrogen) atoms. The van der Waals surface area contributed by atoms with Crippen molar-refractivity contribution in [3.05, 3.63) is 53.6 Å². The van der Waals surface area contributed by atoms with Gasteiger partial charge >= 0.3 is 0 Å². The topological polar surface area (TPSA) is 95.6 Å². The van der Waals surface area contributed by atoms with E-state index in [9.17, 15) is 18.0 Å². The highest BCUT2D eigenvalue weighted by Gasteiger charge is 2.18. The zero-order valence-electron chi connectivity index (χ0n) is 17.2. The van der Waals surface area contributed by atoms with Gasteiger partial charge in [0, 0.05) is 31.3 Å². The molecule has 0 heterocycles. The summed E-state index contributed by atoms with van der Waals surface area (Å²) in [7, 11) is -3.46. The van der Waals surface area contributed by atoms with Crippen molar-refractivity contribution in [1.82, 2.24) is 0 Å². The smallest absolute Gasteiger partial charge is 0.232 e. The maximum absolute atomic E-state index is 12.3. The lowest BCUT2D eigenvalue weighted by Crippen LogP contribution is -2.31. The van der Waals surface area contributed by atoms with Gasteiger partial charge in [-0.3, -0.25) is 13.9 Å². The van der Waals surface area contributed by atoms with E-state index in [1.165, 1.54) is 11.2 Å². The predicted octanol–water partition coefficient (Wildman–Crippen LogP) is 3.45. The lowest BCUT2D eigenvalue weighted by Gasteiger charge is -2.23. The number of rotatable bonds is 8. The van der Waals surface area contributed by atoms with E-state index < -0.39 is 10.0 Å². The Morgan fingerprint density at radius 1 is 0.966 bits per heavy atom. The van der Waals surface area contributed by atoms with Crippen molar-refractivity contribution < 1.29 is 18.0 Å². The molecule has 2 aromatic rings. The minimum atomic E-state index is -3.46. The zero-order chi connectivity index (χ0) is 21.6. The van der Waals surface area contributed by atoms with Crippen molar-refractivity contribution in [2.24, 2.45) is 0 Å². The Morgan fingerprint density at radius 3 is 2.10 bits per heavy atom. The SMILES string of the molecule is CC(=O)Nc1cccc(NC(=O)CCCN(c2cc(C)cc(C)c2)S(C)(=O)=O)c1. The Hall–Kier alpha value is -2.87. The Morgan fingerprint density at radius 2 is 1.55 bits per heavy atom. The average Bonchev–Trinajstić information content (AvgIpc) is 2.56. The van der Waals surface area contributed by atoms with Crippen molar-refractivity contribution >= 4 is 38.9 Å². The van der Waals surface area contributed by atoms with E-state index >= 15 is 0 Å². The van der Waals surface area contributed by atoms with Gasteiger partial charge < -0.3 is 10.6 Å². The molecule has 0 saturated carbocycles. The van der Waals surface area contributed by atoms with E-state index in [1.807, 2.05) is 32.0 Å². The molecular weight excluding hydrogens is 390 g/mol. The molecular formula is C21H27N3O4S. The minimum Gasteiger partial charge on any atom is -0.326 e. The van der Waals surface area contributed by atoms with Crippen LogP contribution >= 0.6 is 0 Å². The first-order valence-corrected chi connectivity index (χ1v) is 11.1. The van der Waals surface area contributed by atoms with Crippen LogP contribution in [0, 0.1) is 13.8 Å². The molecule has 0 spiro atoms. The Kier molecular flexibility index (Phi) is 7.39. The zero-order valence-corrected chi connectivity index (χ0v) is 18.0. The van der Waals surface area contributed by atoms with Crippen LogP contribution in [0.3, 0.4) is 0 Å². The summed E-state index contributed by atoms with van der Waals surface area (Å²) >= 11 is 0. The van der Waals surface area contributed by atoms with E-state index in [1.54, 1.807) is 24.3 Å². The maximum atomic E-state index is 12.3. The molecule has 2 rings (SSSR count). The Balaban J connectivity index is 1.99. The molecule has 2 N–H and O–H groups in total. The minimum absolute atomic E-state index is 0.168. The quantitative estimate of drug-likeness (QED) is 0.688. The summed E-state index contributed by atoms with van der Waals surface area (Å²) in [5.74, 6) is -0.417. The van der Waals surface area contributed by atoms with Crippen molar-refractivity contribution in [3.63, 3.8) is 0 Å². The third kappa shape index (κ3) is 7.23. The second kappa shape index (κ2) is 9.56. The maximum Gasteiger partial charge on any atom is 0.232 e. The van der Waals surface area contributed by atoms with Crippen LogP contribution in [-0.2, 0) is 19.6 Å². The predicted molar refractivity (Wildman–Crippen MR) is 117 cm³/mol. The average molecular weight is 418 g/mol. The first-order valence-electron chi connectivity index (χ1n) is 9.28. The summed E-state index contributed by atoms with van der Waals surface area (Å²) in [6.07, 6.45) is 1.71. The van der Waals surface area contributed by atoms with Crippen LogP contribution in [0.4, 0.5) is 17.1 Å². The highest BCUT2D eigenvalue weighted by molar-refractivity contribution is 7.92. The highest BCUT2D eigenvalue weighted by atomic mass is 32.2. The molecule has 2 aromatic carbocycles. The molecule has 0 radical (unpaired) electrons. The van der Waals surface area contributed by atoms with Crippen LogP contribution in [0.15, 0.2) is 42.5 Å². The standard InChI is InChI=1S/C21H27N3O4S/c1-15-11-16(2)13-20(12-15)24(29(4,27)28)10-6-9-21(26)23-19-8-5-7-18(14-19)22-17(3)25/h5,7-8,11-14H,6,9-10H2,1-4H3,(H,22,25)(H,23,26). The molecule has 8 heteroatoms. The fraction of sp³-hybridized carbons (Fsp3) is 0.333. The van der Waals surface area contributed by atoms with Crippen molar-refractivity contribution in [1.29, 1.82) is 0 Å². The monoisotopic (exact) mass is 417 g/mol. The number of hydrogen-bond donors (Lipinski definition) is 2. The van der Waals surface area contributed by atoms with E-state index in [4.69, 9.17) is 0 Å². The molecule has 0 unspecified atom stereocenters. The summed E-state index contributed by atoms with van der Waals surface area (Å²) in [6.45, 7) is 5.45. The molecule has 7 nitrogen and oxygen atoms in total. The third-order valence-corrected chi connectivity index (χ3v) is 5.32. The van der Waals surface area contributed by atoms with Crippen molar-refractivity contribution in [3.8, 4) is 0 Å². The van der Waals surface area contributed by atoms with E-state index in [2.05, 4.69) is 10.6 Å². The molecule has 2 amide bonds. The fourth-order valence-corrected chi connectivity index (χ4v) is 4.01. The van der Waals surface area contributed by atoms with E-state index in [-0.39, 0.29) is 24.8 Å². The molecule has 0 aliphatic rings. The fourth-order valence-electron chi connectivity index (χ4n) is 3.07. The van der Waals surface area contributed by atoms with E-state index in [0.717, 1.165) is 17.4 Å². The van der Waals surface area contributed by atoms with E-state index in [0.29, 0.717) is 23.5 Å². The number of amides is 2. The van der Waals surface area contributed by atoms with Crippen LogP contribution in [0.5, 0.6) is 0 Å². The largest absolute Gasteiger partial charge is 0.326 e. The summed E-state index contributed by atoms with van der Waals surface area (Å²) in [5.41, 5.74) is 3.72. The lowest BCUT2D eigenvalue weighted by molar-refractivity contribution is -0.116. The van der Waals surface area contributed by atoms with Gasteiger partial charge in [-0.2, -0.15) is 0 Å². The molecule has 0 atom stereocenters. The number of carbonyl (C=O) groups excluding carboxylic acids is 2. The number of nitrogens with one attached hydrogen (secondary N) is 2. The number of hydrogen-bond acceptors (Lipinski definition) is 4. The third-order valence-electron chi connectivity index (χ3n) is 4.13. The molecule has 0 fully saturated rings. The summed E-state index contributed by atoms with van der Waals surface area (Å²) in [6, 6.07) is 12.5.